The van der Waals surface area contributed by atoms with Gasteiger partial charge in [0.1, 0.15) is 0 Å². The number of nitrogen functional groups attached to an aromatic ring is 1. The normalized spacial score (nSPS) is 12.5. The molecule has 0 aromatic heterocycles. The van der Waals surface area contributed by atoms with Gasteiger partial charge in [0.2, 0.25) is 0 Å². The van der Waals surface area contributed by atoms with Gasteiger partial charge in [-0.05, 0) is 31.5 Å². The van der Waals surface area contributed by atoms with E-state index >= 15 is 0 Å². The molecule has 3 nitrogen and oxygen atoms in total. The van der Waals surface area contributed by atoms with E-state index in [-0.39, 0.29) is 0 Å². The molecular weight excluding hydrogens is 188 g/mol. The first kappa shape index (κ1) is 11.9. The molecule has 0 aliphatic carbocycles. The van der Waals surface area contributed by atoms with Crippen molar-refractivity contribution in [2.45, 2.75) is 19.9 Å². The van der Waals surface area contributed by atoms with E-state index in [1.165, 1.54) is 5.56 Å². The van der Waals surface area contributed by atoms with Crippen LogP contribution in [0, 0.1) is 6.92 Å². The van der Waals surface area contributed by atoms with Gasteiger partial charge in [-0.25, -0.2) is 0 Å². The van der Waals surface area contributed by atoms with E-state index in [4.69, 9.17) is 10.5 Å². The van der Waals surface area contributed by atoms with Crippen LogP contribution in [-0.2, 0) is 4.74 Å². The van der Waals surface area contributed by atoms with Gasteiger partial charge in [0, 0.05) is 20.2 Å². The van der Waals surface area contributed by atoms with E-state index in [0.29, 0.717) is 12.6 Å². The fourth-order valence-corrected chi connectivity index (χ4v) is 1.55. The van der Waals surface area contributed by atoms with Gasteiger partial charge in [-0.15, -0.1) is 0 Å². The Kier molecular flexibility index (Phi) is 3.97. The summed E-state index contributed by atoms with van der Waals surface area (Å²) >= 11 is 0. The van der Waals surface area contributed by atoms with Crippen molar-refractivity contribution in [1.82, 2.24) is 0 Å². The van der Waals surface area contributed by atoms with Gasteiger partial charge in [-0.2, -0.15) is 0 Å². The number of nitrogens with two attached hydrogens (primary N) is 1. The smallest absolute Gasteiger partial charge is 0.0663 e. The average Bonchev–Trinajstić information content (AvgIpc) is 2.21. The molecule has 0 saturated heterocycles. The quantitative estimate of drug-likeness (QED) is 0.770. The fraction of sp³-hybridized carbons (Fsp3) is 0.500. The Labute approximate surface area is 91.8 Å². The Morgan fingerprint density at radius 1 is 1.47 bits per heavy atom. The van der Waals surface area contributed by atoms with Gasteiger partial charge in [0.15, 0.2) is 0 Å². The second-order valence-corrected chi connectivity index (χ2v) is 3.98. The number of hydrogen-bond donors (Lipinski definition) is 1. The number of methoxy groups -OCH3 is 1. The summed E-state index contributed by atoms with van der Waals surface area (Å²) in [5.74, 6) is 0. The average molecular weight is 208 g/mol. The van der Waals surface area contributed by atoms with Crippen molar-refractivity contribution in [3.05, 3.63) is 23.8 Å². The van der Waals surface area contributed by atoms with Crippen LogP contribution in [0.4, 0.5) is 11.4 Å². The molecule has 15 heavy (non-hydrogen) atoms. The number of likely N-dealkylation sites (N-methyl/N-ethyl adjacent to an activating group) is 1. The lowest BCUT2D eigenvalue weighted by molar-refractivity contribution is 0.183. The Morgan fingerprint density at radius 2 is 2.13 bits per heavy atom. The Morgan fingerprint density at radius 3 is 2.73 bits per heavy atom. The lowest BCUT2D eigenvalue weighted by Gasteiger charge is -2.27. The van der Waals surface area contributed by atoms with Crippen molar-refractivity contribution in [2.24, 2.45) is 0 Å². The lowest BCUT2D eigenvalue weighted by atomic mass is 10.1. The minimum Gasteiger partial charge on any atom is -0.397 e. The first-order valence-corrected chi connectivity index (χ1v) is 5.14. The topological polar surface area (TPSA) is 38.5 Å². The zero-order valence-corrected chi connectivity index (χ0v) is 9.95. The van der Waals surface area contributed by atoms with E-state index in [0.717, 1.165) is 11.4 Å². The number of ether oxygens (including phenoxy) is 1. The summed E-state index contributed by atoms with van der Waals surface area (Å²) in [6.45, 7) is 4.88. The van der Waals surface area contributed by atoms with Crippen molar-refractivity contribution < 1.29 is 4.74 Å². The van der Waals surface area contributed by atoms with Crippen molar-refractivity contribution in [3.8, 4) is 0 Å². The van der Waals surface area contributed by atoms with E-state index in [2.05, 4.69) is 24.8 Å². The zero-order chi connectivity index (χ0) is 11.4. The van der Waals surface area contributed by atoms with Gasteiger partial charge in [-0.3, -0.25) is 0 Å². The molecule has 0 bridgehead atoms. The predicted octanol–water partition coefficient (Wildman–Crippen LogP) is 2.05. The van der Waals surface area contributed by atoms with Gasteiger partial charge in [0.25, 0.3) is 0 Å². The Bertz CT molecular complexity index is 325. The van der Waals surface area contributed by atoms with Crippen LogP contribution in [0.2, 0.25) is 0 Å². The van der Waals surface area contributed by atoms with Crippen molar-refractivity contribution >= 4 is 11.4 Å². The predicted molar refractivity (Wildman–Crippen MR) is 65.3 cm³/mol. The summed E-state index contributed by atoms with van der Waals surface area (Å²) in [4.78, 5) is 2.14. The maximum atomic E-state index is 5.94. The largest absolute Gasteiger partial charge is 0.397 e. The second kappa shape index (κ2) is 5.03. The number of aryl methyl sites for hydroxylation is 1. The SMILES string of the molecule is COCC(C)N(C)c1cc(C)ccc1N. The maximum absolute atomic E-state index is 5.94. The number of benzene rings is 1. The summed E-state index contributed by atoms with van der Waals surface area (Å²) in [5, 5.41) is 0. The number of hydrogen-bond acceptors (Lipinski definition) is 3. The Balaban J connectivity index is 2.89. The molecule has 0 saturated carbocycles. The van der Waals surface area contributed by atoms with Crippen LogP contribution in [-0.4, -0.2) is 26.8 Å². The molecule has 1 aromatic rings. The van der Waals surface area contributed by atoms with Crippen LogP contribution in [0.1, 0.15) is 12.5 Å². The van der Waals surface area contributed by atoms with Gasteiger partial charge in [-0.1, -0.05) is 6.07 Å². The van der Waals surface area contributed by atoms with Crippen LogP contribution >= 0.6 is 0 Å². The third-order valence-corrected chi connectivity index (χ3v) is 2.63. The van der Waals surface area contributed by atoms with Gasteiger partial charge >= 0.3 is 0 Å². The first-order valence-electron chi connectivity index (χ1n) is 5.14. The van der Waals surface area contributed by atoms with Crippen LogP contribution in [0.3, 0.4) is 0 Å². The maximum Gasteiger partial charge on any atom is 0.0663 e. The van der Waals surface area contributed by atoms with E-state index in [1.54, 1.807) is 7.11 Å². The molecule has 3 heteroatoms. The fourth-order valence-electron chi connectivity index (χ4n) is 1.55. The molecule has 0 heterocycles. The molecule has 0 amide bonds. The second-order valence-electron chi connectivity index (χ2n) is 3.98. The highest BCUT2D eigenvalue weighted by atomic mass is 16.5. The van der Waals surface area contributed by atoms with Crippen LogP contribution in [0.15, 0.2) is 18.2 Å². The van der Waals surface area contributed by atoms with Crippen molar-refractivity contribution in [3.63, 3.8) is 0 Å². The van der Waals surface area contributed by atoms with E-state index in [1.807, 2.05) is 19.2 Å². The summed E-state index contributed by atoms with van der Waals surface area (Å²) in [6.07, 6.45) is 0. The minimum absolute atomic E-state index is 0.319. The molecule has 0 aliphatic rings. The Hall–Kier alpha value is -1.22. The van der Waals surface area contributed by atoms with Crippen LogP contribution < -0.4 is 10.6 Å². The first-order chi connectivity index (χ1) is 7.06. The standard InChI is InChI=1S/C12H20N2O/c1-9-5-6-11(13)12(7-9)14(3)10(2)8-15-4/h5-7,10H,8,13H2,1-4H3. The summed E-state index contributed by atoms with van der Waals surface area (Å²) < 4.78 is 5.13. The van der Waals surface area contributed by atoms with E-state index in [9.17, 15) is 0 Å². The molecule has 1 rings (SSSR count). The summed E-state index contributed by atoms with van der Waals surface area (Å²) in [7, 11) is 3.75. The van der Waals surface area contributed by atoms with Gasteiger partial charge in [0.05, 0.1) is 18.0 Å². The lowest BCUT2D eigenvalue weighted by Crippen LogP contribution is -2.33. The van der Waals surface area contributed by atoms with Crippen molar-refractivity contribution in [1.29, 1.82) is 0 Å². The molecular formula is C12H20N2O. The molecule has 84 valence electrons. The molecule has 1 aromatic carbocycles. The summed E-state index contributed by atoms with van der Waals surface area (Å²) in [6, 6.07) is 6.38. The minimum atomic E-state index is 0.319. The van der Waals surface area contributed by atoms with Gasteiger partial charge < -0.3 is 15.4 Å². The van der Waals surface area contributed by atoms with Crippen LogP contribution in [0.5, 0.6) is 0 Å². The van der Waals surface area contributed by atoms with E-state index < -0.39 is 0 Å². The van der Waals surface area contributed by atoms with Crippen LogP contribution in [0.25, 0.3) is 0 Å². The molecule has 2 N–H and O–H groups in total. The molecule has 1 atom stereocenters. The number of nitrogens with zero attached hydrogens (tertiary/aromatic N) is 1. The highest BCUT2D eigenvalue weighted by Crippen LogP contribution is 2.24. The molecule has 0 radical (unpaired) electrons. The molecule has 0 fully saturated rings. The third-order valence-electron chi connectivity index (χ3n) is 2.63. The molecule has 0 aliphatic heterocycles. The number of rotatable bonds is 4. The monoisotopic (exact) mass is 208 g/mol. The third kappa shape index (κ3) is 2.86. The number of anilines is 2. The van der Waals surface area contributed by atoms with Crippen molar-refractivity contribution in [2.75, 3.05) is 31.4 Å². The zero-order valence-electron chi connectivity index (χ0n) is 9.95. The molecule has 0 spiro atoms. The summed E-state index contributed by atoms with van der Waals surface area (Å²) in [5.41, 5.74) is 9.04. The highest BCUT2D eigenvalue weighted by molar-refractivity contribution is 5.68. The highest BCUT2D eigenvalue weighted by Gasteiger charge is 2.12. The molecule has 1 unspecified atom stereocenters.